The van der Waals surface area contributed by atoms with E-state index in [4.69, 9.17) is 5.73 Å². The molecule has 0 aromatic heterocycles. The van der Waals surface area contributed by atoms with Gasteiger partial charge in [0.2, 0.25) is 0 Å². The average molecular weight is 263 g/mol. The van der Waals surface area contributed by atoms with E-state index in [1.807, 2.05) is 0 Å². The van der Waals surface area contributed by atoms with Gasteiger partial charge in [0.05, 0.1) is 5.56 Å². The lowest BCUT2D eigenvalue weighted by molar-refractivity contribution is -0.109. The summed E-state index contributed by atoms with van der Waals surface area (Å²) < 4.78 is 0. The number of benzene rings is 1. The van der Waals surface area contributed by atoms with Crippen LogP contribution in [0, 0.1) is 11.8 Å². The third-order valence-electron chi connectivity index (χ3n) is 2.03. The van der Waals surface area contributed by atoms with Crippen LogP contribution in [0.15, 0.2) is 18.2 Å². The molecular weight excluding hydrogens is 250 g/mol. The molecule has 1 amide bonds. The Morgan fingerprint density at radius 1 is 1.44 bits per heavy atom. The second-order valence-electron chi connectivity index (χ2n) is 3.49. The zero-order valence-corrected chi connectivity index (χ0v) is 10.7. The van der Waals surface area contributed by atoms with Crippen molar-refractivity contribution >= 4 is 22.8 Å². The van der Waals surface area contributed by atoms with E-state index < -0.39 is 5.91 Å². The van der Waals surface area contributed by atoms with Gasteiger partial charge in [-0.15, -0.1) is 0 Å². The number of aromatic hydroxyl groups is 1. The molecule has 0 spiro atoms. The number of carbonyl (C=O) groups is 2. The second kappa shape index (κ2) is 6.72. The number of primary amides is 1. The van der Waals surface area contributed by atoms with Gasteiger partial charge in [0.1, 0.15) is 5.75 Å². The minimum Gasteiger partial charge on any atom is -0.507 e. The summed E-state index contributed by atoms with van der Waals surface area (Å²) in [4.78, 5) is 21.7. The minimum absolute atomic E-state index is 0.0555. The van der Waals surface area contributed by atoms with Gasteiger partial charge in [0.15, 0.2) is 5.12 Å². The molecule has 0 bridgehead atoms. The Balaban J connectivity index is 2.68. The third-order valence-corrected chi connectivity index (χ3v) is 2.84. The Labute approximate surface area is 110 Å². The summed E-state index contributed by atoms with van der Waals surface area (Å²) in [6, 6.07) is 4.43. The average Bonchev–Trinajstić information content (AvgIpc) is 2.30. The highest BCUT2D eigenvalue weighted by molar-refractivity contribution is 8.13. The molecule has 0 aliphatic heterocycles. The standard InChI is InChI=1S/C13H13NO3S/c1-9(15)18-7-3-2-4-10-5-6-12(16)11(8-10)13(14)17/h5-6,8,16H,3,7H2,1H3,(H2,14,17). The largest absolute Gasteiger partial charge is 0.507 e. The maximum atomic E-state index is 11.0. The molecule has 0 atom stereocenters. The maximum Gasteiger partial charge on any atom is 0.252 e. The van der Waals surface area contributed by atoms with Crippen LogP contribution < -0.4 is 5.73 Å². The summed E-state index contributed by atoms with van der Waals surface area (Å²) in [5.41, 5.74) is 5.77. The first-order valence-corrected chi connectivity index (χ1v) is 6.24. The maximum absolute atomic E-state index is 11.0. The Hall–Kier alpha value is -1.93. The van der Waals surface area contributed by atoms with Crippen LogP contribution in [-0.4, -0.2) is 21.9 Å². The van der Waals surface area contributed by atoms with Gasteiger partial charge in [-0.1, -0.05) is 23.6 Å². The van der Waals surface area contributed by atoms with Crippen LogP contribution in [0.1, 0.15) is 29.3 Å². The molecule has 1 rings (SSSR count). The van der Waals surface area contributed by atoms with E-state index in [-0.39, 0.29) is 16.4 Å². The summed E-state index contributed by atoms with van der Waals surface area (Å²) in [6.45, 7) is 1.51. The van der Waals surface area contributed by atoms with Gasteiger partial charge in [-0.3, -0.25) is 9.59 Å². The highest BCUT2D eigenvalue weighted by atomic mass is 32.2. The molecule has 1 aromatic rings. The number of nitrogens with two attached hydrogens (primary N) is 1. The van der Waals surface area contributed by atoms with Crippen LogP contribution in [0.2, 0.25) is 0 Å². The van der Waals surface area contributed by atoms with Gasteiger partial charge in [-0.05, 0) is 18.2 Å². The lowest BCUT2D eigenvalue weighted by Crippen LogP contribution is -2.11. The summed E-state index contributed by atoms with van der Waals surface area (Å²) in [5, 5.41) is 9.45. The van der Waals surface area contributed by atoms with Crippen LogP contribution in [0.4, 0.5) is 0 Å². The van der Waals surface area contributed by atoms with Gasteiger partial charge in [0.25, 0.3) is 5.91 Å². The number of amides is 1. The van der Waals surface area contributed by atoms with Gasteiger partial charge >= 0.3 is 0 Å². The number of hydrogen-bond acceptors (Lipinski definition) is 4. The topological polar surface area (TPSA) is 80.4 Å². The van der Waals surface area contributed by atoms with Crippen molar-refractivity contribution in [2.45, 2.75) is 13.3 Å². The van der Waals surface area contributed by atoms with Gasteiger partial charge < -0.3 is 10.8 Å². The predicted molar refractivity (Wildman–Crippen MR) is 71.3 cm³/mol. The number of phenols is 1. The monoisotopic (exact) mass is 263 g/mol. The SMILES string of the molecule is CC(=O)SCCC#Cc1ccc(O)c(C(N)=O)c1. The van der Waals surface area contributed by atoms with Crippen molar-refractivity contribution in [1.29, 1.82) is 0 Å². The second-order valence-corrected chi connectivity index (χ2v) is 4.76. The fourth-order valence-corrected chi connectivity index (χ4v) is 1.71. The van der Waals surface area contributed by atoms with Crippen molar-refractivity contribution in [3.63, 3.8) is 0 Å². The number of hydrogen-bond donors (Lipinski definition) is 2. The molecule has 0 heterocycles. The summed E-state index contributed by atoms with van der Waals surface area (Å²) >= 11 is 1.22. The Bertz CT molecular complexity index is 529. The van der Waals surface area contributed by atoms with E-state index in [9.17, 15) is 14.7 Å². The smallest absolute Gasteiger partial charge is 0.252 e. The fourth-order valence-electron chi connectivity index (χ4n) is 1.22. The molecule has 1 aromatic carbocycles. The Morgan fingerprint density at radius 2 is 2.17 bits per heavy atom. The minimum atomic E-state index is -0.691. The number of carbonyl (C=O) groups excluding carboxylic acids is 2. The molecule has 0 radical (unpaired) electrons. The van der Waals surface area contributed by atoms with Crippen molar-refractivity contribution in [2.75, 3.05) is 5.75 Å². The molecule has 4 nitrogen and oxygen atoms in total. The lowest BCUT2D eigenvalue weighted by atomic mass is 10.1. The Kier molecular flexibility index (Phi) is 5.28. The van der Waals surface area contributed by atoms with Crippen molar-refractivity contribution in [1.82, 2.24) is 0 Å². The zero-order valence-electron chi connectivity index (χ0n) is 9.90. The number of thioether (sulfide) groups is 1. The summed E-state index contributed by atoms with van der Waals surface area (Å²) in [6.07, 6.45) is 0.580. The molecule has 18 heavy (non-hydrogen) atoms. The quantitative estimate of drug-likeness (QED) is 0.640. The molecule has 5 heteroatoms. The van der Waals surface area contributed by atoms with E-state index in [0.29, 0.717) is 17.7 Å². The van der Waals surface area contributed by atoms with Gasteiger partial charge in [0, 0.05) is 24.7 Å². The highest BCUT2D eigenvalue weighted by Gasteiger charge is 2.06. The van der Waals surface area contributed by atoms with Gasteiger partial charge in [-0.2, -0.15) is 0 Å². The molecule has 0 fully saturated rings. The van der Waals surface area contributed by atoms with Crippen LogP contribution in [-0.2, 0) is 4.79 Å². The van der Waals surface area contributed by atoms with Crippen LogP contribution in [0.3, 0.4) is 0 Å². The Morgan fingerprint density at radius 3 is 2.78 bits per heavy atom. The van der Waals surface area contributed by atoms with Crippen LogP contribution >= 0.6 is 11.8 Å². The summed E-state index contributed by atoms with van der Waals surface area (Å²) in [5.74, 6) is 5.53. The van der Waals surface area contributed by atoms with Crippen LogP contribution in [0.5, 0.6) is 5.75 Å². The summed E-state index contributed by atoms with van der Waals surface area (Å²) in [7, 11) is 0. The molecular formula is C13H13NO3S. The molecule has 0 unspecified atom stereocenters. The van der Waals surface area contributed by atoms with Crippen molar-refractivity contribution in [3.8, 4) is 17.6 Å². The zero-order chi connectivity index (χ0) is 13.5. The molecule has 0 aliphatic carbocycles. The molecule has 0 aliphatic rings. The first kappa shape index (κ1) is 14.1. The van der Waals surface area contributed by atoms with Crippen molar-refractivity contribution < 1.29 is 14.7 Å². The lowest BCUT2D eigenvalue weighted by Gasteiger charge is -2.00. The number of rotatable bonds is 3. The van der Waals surface area contributed by atoms with E-state index in [1.54, 1.807) is 6.07 Å². The van der Waals surface area contributed by atoms with E-state index in [2.05, 4.69) is 11.8 Å². The van der Waals surface area contributed by atoms with E-state index in [1.165, 1.54) is 30.8 Å². The van der Waals surface area contributed by atoms with E-state index >= 15 is 0 Å². The highest BCUT2D eigenvalue weighted by Crippen LogP contribution is 2.17. The third kappa shape index (κ3) is 4.52. The molecule has 0 saturated carbocycles. The molecule has 94 valence electrons. The normalized spacial score (nSPS) is 9.39. The molecule has 0 saturated heterocycles. The van der Waals surface area contributed by atoms with Crippen LogP contribution in [0.25, 0.3) is 0 Å². The van der Waals surface area contributed by atoms with Gasteiger partial charge in [-0.25, -0.2) is 0 Å². The van der Waals surface area contributed by atoms with Crippen molar-refractivity contribution in [3.05, 3.63) is 29.3 Å². The van der Waals surface area contributed by atoms with Crippen molar-refractivity contribution in [2.24, 2.45) is 5.73 Å². The van der Waals surface area contributed by atoms with E-state index in [0.717, 1.165) is 0 Å². The predicted octanol–water partition coefficient (Wildman–Crippen LogP) is 1.51. The molecule has 3 N–H and O–H groups in total. The first-order valence-electron chi connectivity index (χ1n) is 5.25. The first-order chi connectivity index (χ1) is 8.50. The fraction of sp³-hybridized carbons (Fsp3) is 0.231.